The van der Waals surface area contributed by atoms with Gasteiger partial charge in [-0.25, -0.2) is 4.79 Å². The highest BCUT2D eigenvalue weighted by molar-refractivity contribution is 7.15. The number of thiophene rings is 1. The van der Waals surface area contributed by atoms with Crippen LogP contribution >= 0.6 is 11.3 Å². The van der Waals surface area contributed by atoms with Gasteiger partial charge < -0.3 is 14.7 Å². The minimum absolute atomic E-state index is 0.0189. The molecule has 0 bridgehead atoms. The number of carbonyl (C=O) groups is 3. The highest BCUT2D eigenvalue weighted by Gasteiger charge is 2.40. The second-order valence-electron chi connectivity index (χ2n) is 10.1. The van der Waals surface area contributed by atoms with E-state index in [9.17, 15) is 19.5 Å². The molecule has 0 radical (unpaired) electrons. The van der Waals surface area contributed by atoms with Gasteiger partial charge in [0.2, 0.25) is 11.8 Å². The van der Waals surface area contributed by atoms with Gasteiger partial charge in [-0.1, -0.05) is 18.8 Å². The quantitative estimate of drug-likeness (QED) is 0.670. The van der Waals surface area contributed by atoms with E-state index in [1.807, 2.05) is 20.8 Å². The fraction of sp³-hybridized carbons (Fsp3) is 0.640. The van der Waals surface area contributed by atoms with Gasteiger partial charge in [-0.2, -0.15) is 0 Å². The van der Waals surface area contributed by atoms with Gasteiger partial charge >= 0.3 is 5.97 Å². The number of carboxylic acid groups (broad SMARTS) is 1. The summed E-state index contributed by atoms with van der Waals surface area (Å²) in [7, 11) is 1.68. The lowest BCUT2D eigenvalue weighted by Gasteiger charge is -2.35. The van der Waals surface area contributed by atoms with Crippen LogP contribution in [0.15, 0.2) is 6.07 Å². The Morgan fingerprint density at radius 2 is 1.91 bits per heavy atom. The van der Waals surface area contributed by atoms with Crippen LogP contribution in [0.3, 0.4) is 0 Å². The van der Waals surface area contributed by atoms with Gasteiger partial charge in [0.05, 0.1) is 23.8 Å². The van der Waals surface area contributed by atoms with E-state index in [1.54, 1.807) is 18.0 Å². The number of aromatic carboxylic acids is 1. The van der Waals surface area contributed by atoms with Crippen molar-refractivity contribution in [3.8, 4) is 11.8 Å². The first-order chi connectivity index (χ1) is 15.5. The molecule has 1 aromatic heterocycles. The summed E-state index contributed by atoms with van der Waals surface area (Å²) in [6.45, 7) is 8.95. The van der Waals surface area contributed by atoms with Crippen LogP contribution in [0.4, 0.5) is 5.69 Å². The zero-order valence-electron chi connectivity index (χ0n) is 20.1. The first-order valence-corrected chi connectivity index (χ1v) is 12.4. The van der Waals surface area contributed by atoms with Crippen molar-refractivity contribution >= 4 is 34.8 Å². The molecule has 3 rings (SSSR count). The fourth-order valence-corrected chi connectivity index (χ4v) is 5.03. The van der Waals surface area contributed by atoms with E-state index >= 15 is 0 Å². The van der Waals surface area contributed by atoms with Crippen LogP contribution in [0.1, 0.15) is 67.9 Å². The average Bonchev–Trinajstić information content (AvgIpc) is 3.10. The molecule has 8 heteroatoms. The van der Waals surface area contributed by atoms with E-state index in [-0.39, 0.29) is 40.3 Å². The standard InChI is InChI=1S/C25H34N2O5S/c1-16-6-8-17(9-7-16)22(28)27(20-15-32-13-12-26(5)23(20)29)19-14-18(10-11-25(2,3)4)33-21(19)24(30)31/h14,16-17,20H,6-9,12-13,15H2,1-5H3,(H,30,31)/t16-,17-,20?. The molecular formula is C25H34N2O5S. The molecule has 2 aliphatic rings. The van der Waals surface area contributed by atoms with Crippen LogP contribution in [-0.4, -0.2) is 60.6 Å². The van der Waals surface area contributed by atoms with Gasteiger partial charge in [-0.3, -0.25) is 14.5 Å². The molecule has 7 nitrogen and oxygen atoms in total. The van der Waals surface area contributed by atoms with E-state index in [4.69, 9.17) is 4.74 Å². The van der Waals surface area contributed by atoms with Crippen molar-refractivity contribution in [3.63, 3.8) is 0 Å². The molecule has 1 unspecified atom stereocenters. The number of carboxylic acids is 1. The predicted molar refractivity (Wildman–Crippen MR) is 128 cm³/mol. The molecular weight excluding hydrogens is 440 g/mol. The number of carbonyl (C=O) groups excluding carboxylic acids is 2. The van der Waals surface area contributed by atoms with Crippen molar-refractivity contribution in [1.82, 2.24) is 4.90 Å². The number of anilines is 1. The van der Waals surface area contributed by atoms with Gasteiger partial charge in [-0.15, -0.1) is 11.3 Å². The average molecular weight is 475 g/mol. The lowest BCUT2D eigenvalue weighted by Crippen LogP contribution is -2.53. The normalized spacial score (nSPS) is 24.0. The van der Waals surface area contributed by atoms with Crippen molar-refractivity contribution in [2.24, 2.45) is 17.3 Å². The minimum atomic E-state index is -1.13. The van der Waals surface area contributed by atoms with Gasteiger partial charge in [-0.05, 0) is 58.4 Å². The van der Waals surface area contributed by atoms with E-state index in [2.05, 4.69) is 18.8 Å². The van der Waals surface area contributed by atoms with Crippen molar-refractivity contribution in [1.29, 1.82) is 0 Å². The third-order valence-corrected chi connectivity index (χ3v) is 7.18. The number of hydrogen-bond acceptors (Lipinski definition) is 5. The van der Waals surface area contributed by atoms with Gasteiger partial charge in [0.25, 0.3) is 0 Å². The predicted octanol–water partition coefficient (Wildman–Crippen LogP) is 3.86. The number of hydrogen-bond donors (Lipinski definition) is 1. The summed E-state index contributed by atoms with van der Waals surface area (Å²) in [4.78, 5) is 42.8. The first-order valence-electron chi connectivity index (χ1n) is 11.5. The largest absolute Gasteiger partial charge is 0.477 e. The Morgan fingerprint density at radius 3 is 2.52 bits per heavy atom. The Kier molecular flexibility index (Phi) is 7.86. The molecule has 1 aliphatic carbocycles. The molecule has 1 aliphatic heterocycles. The van der Waals surface area contributed by atoms with E-state index in [0.29, 0.717) is 23.9 Å². The van der Waals surface area contributed by atoms with E-state index in [1.165, 1.54) is 4.90 Å². The molecule has 0 spiro atoms. The van der Waals surface area contributed by atoms with Crippen molar-refractivity contribution in [3.05, 3.63) is 15.8 Å². The molecule has 2 heterocycles. The van der Waals surface area contributed by atoms with Crippen LogP contribution < -0.4 is 4.90 Å². The van der Waals surface area contributed by atoms with Crippen LogP contribution in [-0.2, 0) is 14.3 Å². The summed E-state index contributed by atoms with van der Waals surface area (Å²) < 4.78 is 5.68. The Bertz CT molecular complexity index is 960. The molecule has 180 valence electrons. The first kappa shape index (κ1) is 25.3. The number of likely N-dealkylation sites (N-methyl/N-ethyl adjacent to an activating group) is 1. The molecule has 1 saturated heterocycles. The number of rotatable bonds is 4. The van der Waals surface area contributed by atoms with Crippen molar-refractivity contribution in [2.75, 3.05) is 31.7 Å². The minimum Gasteiger partial charge on any atom is -0.477 e. The van der Waals surface area contributed by atoms with Crippen molar-refractivity contribution < 1.29 is 24.2 Å². The summed E-state index contributed by atoms with van der Waals surface area (Å²) in [6, 6.07) is 0.745. The molecule has 1 aromatic rings. The van der Waals surface area contributed by atoms with E-state index < -0.39 is 12.0 Å². The zero-order chi connectivity index (χ0) is 24.3. The van der Waals surface area contributed by atoms with Gasteiger partial charge in [0, 0.05) is 24.9 Å². The number of amides is 2. The van der Waals surface area contributed by atoms with Gasteiger partial charge in [0.15, 0.2) is 0 Å². The molecule has 33 heavy (non-hydrogen) atoms. The lowest BCUT2D eigenvalue weighted by atomic mass is 9.82. The SMILES string of the molecule is CN1CCOCC(N(c2cc(C#CC(C)(C)C)sc2C(=O)O)C(=O)[C@H]2CC[C@H](C)CC2)C1=O. The van der Waals surface area contributed by atoms with Crippen LogP contribution in [0, 0.1) is 29.1 Å². The van der Waals surface area contributed by atoms with Crippen LogP contribution in [0.25, 0.3) is 0 Å². The molecule has 0 aromatic carbocycles. The summed E-state index contributed by atoms with van der Waals surface area (Å²) in [6.07, 6.45) is 3.35. The summed E-state index contributed by atoms with van der Waals surface area (Å²) >= 11 is 1.04. The Labute approximate surface area is 200 Å². The van der Waals surface area contributed by atoms with Crippen LogP contribution in [0.5, 0.6) is 0 Å². The maximum atomic E-state index is 13.8. The Morgan fingerprint density at radius 1 is 1.24 bits per heavy atom. The molecule has 1 atom stereocenters. The molecule has 1 saturated carbocycles. The number of nitrogens with zero attached hydrogens (tertiary/aromatic N) is 2. The molecule has 1 N–H and O–H groups in total. The van der Waals surface area contributed by atoms with Crippen LogP contribution in [0.2, 0.25) is 0 Å². The molecule has 2 amide bonds. The van der Waals surface area contributed by atoms with Crippen molar-refractivity contribution in [2.45, 2.75) is 59.4 Å². The number of ether oxygens (including phenoxy) is 1. The highest BCUT2D eigenvalue weighted by atomic mass is 32.1. The topological polar surface area (TPSA) is 87.2 Å². The third kappa shape index (κ3) is 6.15. The smallest absolute Gasteiger partial charge is 0.348 e. The monoisotopic (exact) mass is 474 g/mol. The summed E-state index contributed by atoms with van der Waals surface area (Å²) in [5.41, 5.74) is -0.0121. The Balaban J connectivity index is 2.09. The zero-order valence-corrected chi connectivity index (χ0v) is 21.0. The van der Waals surface area contributed by atoms with Gasteiger partial charge in [0.1, 0.15) is 10.9 Å². The third-order valence-electron chi connectivity index (χ3n) is 6.15. The molecule has 2 fully saturated rings. The van der Waals surface area contributed by atoms with E-state index in [0.717, 1.165) is 37.0 Å². The second-order valence-corrected chi connectivity index (χ2v) is 11.2. The highest BCUT2D eigenvalue weighted by Crippen LogP contribution is 2.36. The maximum absolute atomic E-state index is 13.8. The Hall–Kier alpha value is -2.37. The summed E-state index contributed by atoms with van der Waals surface area (Å²) in [5.74, 6) is 4.92. The lowest BCUT2D eigenvalue weighted by molar-refractivity contribution is -0.134. The summed E-state index contributed by atoms with van der Waals surface area (Å²) in [5, 5.41) is 9.95. The second kappa shape index (κ2) is 10.3. The maximum Gasteiger partial charge on any atom is 0.348 e. The fourth-order valence-electron chi connectivity index (χ4n) is 4.19.